The number of nitrogens with two attached hydrogens (primary N) is 1. The third-order valence-corrected chi connectivity index (χ3v) is 9.53. The van der Waals surface area contributed by atoms with Crippen LogP contribution >= 0.6 is 0 Å². The monoisotopic (exact) mass is 557 g/mol. The molecular weight excluding hydrogens is 502 g/mol. The highest BCUT2D eigenvalue weighted by molar-refractivity contribution is 5.51. The van der Waals surface area contributed by atoms with Crippen molar-refractivity contribution in [2.75, 3.05) is 108 Å². The van der Waals surface area contributed by atoms with E-state index in [1.54, 1.807) is 0 Å². The molecule has 2 aliphatic carbocycles. The summed E-state index contributed by atoms with van der Waals surface area (Å²) in [7, 11) is 0. The summed E-state index contributed by atoms with van der Waals surface area (Å²) in [6.07, 6.45) is 12.0. The van der Waals surface area contributed by atoms with Crippen molar-refractivity contribution in [3.63, 3.8) is 0 Å². The van der Waals surface area contributed by atoms with Gasteiger partial charge in [-0.1, -0.05) is 12.8 Å². The van der Waals surface area contributed by atoms with Gasteiger partial charge in [-0.05, 0) is 76.4 Å². The lowest BCUT2D eigenvalue weighted by Gasteiger charge is -2.37. The van der Waals surface area contributed by atoms with Gasteiger partial charge in [0, 0.05) is 71.0 Å². The van der Waals surface area contributed by atoms with Gasteiger partial charge >= 0.3 is 0 Å². The number of aromatic nitrogens is 2. The zero-order valence-corrected chi connectivity index (χ0v) is 24.8. The van der Waals surface area contributed by atoms with Crippen molar-refractivity contribution in [2.45, 2.75) is 63.8 Å². The van der Waals surface area contributed by atoms with Crippen LogP contribution in [0.15, 0.2) is 6.07 Å². The molecule has 3 heterocycles. The van der Waals surface area contributed by atoms with E-state index in [2.05, 4.69) is 35.6 Å². The molecule has 0 amide bonds. The first-order chi connectivity index (χ1) is 19.7. The fourth-order valence-electron chi connectivity index (χ4n) is 6.83. The minimum atomic E-state index is 0.551. The highest BCUT2D eigenvalue weighted by Crippen LogP contribution is 2.29. The molecule has 5 rings (SSSR count). The van der Waals surface area contributed by atoms with Crippen molar-refractivity contribution in [3.8, 4) is 0 Å². The normalized spacial score (nSPS) is 25.4. The van der Waals surface area contributed by atoms with Gasteiger partial charge in [-0.25, -0.2) is 0 Å². The second-order valence-electron chi connectivity index (χ2n) is 12.5. The van der Waals surface area contributed by atoms with Crippen LogP contribution in [0.3, 0.4) is 0 Å². The molecule has 40 heavy (non-hydrogen) atoms. The van der Waals surface area contributed by atoms with E-state index >= 15 is 0 Å². The Balaban J connectivity index is 0.948. The topological polar surface area (TPSA) is 107 Å². The second kappa shape index (κ2) is 16.1. The third-order valence-electron chi connectivity index (χ3n) is 9.53. The first kappa shape index (κ1) is 29.8. The Morgan fingerprint density at radius 1 is 0.800 bits per heavy atom. The number of piperazine rings is 1. The summed E-state index contributed by atoms with van der Waals surface area (Å²) in [5.74, 6) is 3.70. The maximum Gasteiger partial charge on any atom is 0.226 e. The molecular formula is C30H55N9O. The largest absolute Gasteiger partial charge is 0.383 e. The number of rotatable bonds is 14. The van der Waals surface area contributed by atoms with E-state index in [4.69, 9.17) is 15.5 Å². The number of ether oxygens (including phenoxy) is 1. The Morgan fingerprint density at radius 2 is 1.48 bits per heavy atom. The molecule has 10 nitrogen and oxygen atoms in total. The number of nitrogens with one attached hydrogen (secondary N) is 3. The molecule has 0 unspecified atom stereocenters. The van der Waals surface area contributed by atoms with Gasteiger partial charge in [0.2, 0.25) is 5.95 Å². The quantitative estimate of drug-likeness (QED) is 0.255. The Hall–Kier alpha value is -1.72. The predicted octanol–water partition coefficient (Wildman–Crippen LogP) is 2.24. The van der Waals surface area contributed by atoms with Gasteiger partial charge in [0.1, 0.15) is 11.6 Å². The van der Waals surface area contributed by atoms with Crippen LogP contribution in [-0.4, -0.2) is 118 Å². The van der Waals surface area contributed by atoms with E-state index in [0.717, 1.165) is 103 Å². The lowest BCUT2D eigenvalue weighted by molar-refractivity contribution is 0.0331. The van der Waals surface area contributed by atoms with Crippen molar-refractivity contribution in [2.24, 2.45) is 11.8 Å². The fourth-order valence-corrected chi connectivity index (χ4v) is 6.83. The van der Waals surface area contributed by atoms with E-state index in [0.29, 0.717) is 17.7 Å². The fraction of sp³-hybridized carbons (Fsp3) is 0.867. The minimum absolute atomic E-state index is 0.551. The van der Waals surface area contributed by atoms with Gasteiger partial charge in [0.25, 0.3) is 0 Å². The summed E-state index contributed by atoms with van der Waals surface area (Å²) < 4.78 is 5.47. The highest BCUT2D eigenvalue weighted by atomic mass is 16.5. The summed E-state index contributed by atoms with van der Waals surface area (Å²) >= 11 is 0. The average molecular weight is 558 g/mol. The van der Waals surface area contributed by atoms with Crippen molar-refractivity contribution in [1.82, 2.24) is 30.4 Å². The van der Waals surface area contributed by atoms with Crippen LogP contribution in [0.1, 0.15) is 57.8 Å². The summed E-state index contributed by atoms with van der Waals surface area (Å²) in [4.78, 5) is 16.8. The predicted molar refractivity (Wildman–Crippen MR) is 164 cm³/mol. The molecule has 0 radical (unpaired) electrons. The van der Waals surface area contributed by atoms with Crippen LogP contribution in [0, 0.1) is 11.8 Å². The highest BCUT2D eigenvalue weighted by Gasteiger charge is 2.23. The van der Waals surface area contributed by atoms with Gasteiger partial charge in [0.15, 0.2) is 0 Å². The summed E-state index contributed by atoms with van der Waals surface area (Å²) in [5.41, 5.74) is 6.20. The molecule has 1 aromatic heterocycles. The Morgan fingerprint density at radius 3 is 2.20 bits per heavy atom. The molecule has 0 spiro atoms. The molecule has 226 valence electrons. The van der Waals surface area contributed by atoms with Crippen LogP contribution in [-0.2, 0) is 4.74 Å². The molecule has 1 aromatic rings. The molecule has 0 bridgehead atoms. The number of morpholine rings is 1. The third kappa shape index (κ3) is 9.69. The molecule has 0 aromatic carbocycles. The van der Waals surface area contributed by atoms with Gasteiger partial charge in [-0.15, -0.1) is 0 Å². The number of hydrogen-bond acceptors (Lipinski definition) is 10. The average Bonchev–Trinajstić information content (AvgIpc) is 3.52. The smallest absolute Gasteiger partial charge is 0.226 e. The molecule has 2 saturated carbocycles. The van der Waals surface area contributed by atoms with Gasteiger partial charge in [-0.3, -0.25) is 9.80 Å². The minimum Gasteiger partial charge on any atom is -0.383 e. The van der Waals surface area contributed by atoms with Crippen molar-refractivity contribution < 1.29 is 4.74 Å². The van der Waals surface area contributed by atoms with Crippen LogP contribution in [0.2, 0.25) is 0 Å². The van der Waals surface area contributed by atoms with Gasteiger partial charge in [-0.2, -0.15) is 9.97 Å². The van der Waals surface area contributed by atoms with Crippen LogP contribution in [0.25, 0.3) is 0 Å². The standard InChI is InChI=1S/C30H55N9O/c31-28-22-29(39-16-14-37(15-17-39)12-13-38-18-20-40-21-19-38)36-30(35-28)34-24-26-8-6-25(7-9-26)23-32-10-3-11-33-27-4-1-2-5-27/h22,25-27,32-33H,1-21,23-24H2,(H3,31,34,35,36)/t25-,26-. The molecule has 10 heteroatoms. The summed E-state index contributed by atoms with van der Waals surface area (Å²) in [5, 5.41) is 11.0. The second-order valence-corrected chi connectivity index (χ2v) is 12.5. The van der Waals surface area contributed by atoms with Crippen molar-refractivity contribution in [1.29, 1.82) is 0 Å². The van der Waals surface area contributed by atoms with Gasteiger partial charge < -0.3 is 31.3 Å². The first-order valence-electron chi connectivity index (χ1n) is 16.3. The van der Waals surface area contributed by atoms with Crippen molar-refractivity contribution >= 4 is 17.6 Å². The Bertz CT molecular complexity index is 846. The number of nitrogens with zero attached hydrogens (tertiary/aromatic N) is 5. The van der Waals surface area contributed by atoms with Crippen molar-refractivity contribution in [3.05, 3.63) is 6.07 Å². The molecule has 5 N–H and O–H groups in total. The number of nitrogen functional groups attached to an aromatic ring is 1. The maximum absolute atomic E-state index is 6.20. The number of hydrogen-bond donors (Lipinski definition) is 4. The SMILES string of the molecule is Nc1cc(N2CCN(CCN3CCOCC3)CC2)nc(NC[C@H]2CC[C@H](CNCCCNC3CCCC3)CC2)n1. The van der Waals surface area contributed by atoms with Crippen LogP contribution in [0.4, 0.5) is 17.6 Å². The first-order valence-corrected chi connectivity index (χ1v) is 16.3. The van der Waals surface area contributed by atoms with Crippen LogP contribution < -0.4 is 26.6 Å². The Labute approximate surface area is 242 Å². The van der Waals surface area contributed by atoms with Crippen LogP contribution in [0.5, 0.6) is 0 Å². The summed E-state index contributed by atoms with van der Waals surface area (Å²) in [6.45, 7) is 14.6. The van der Waals surface area contributed by atoms with E-state index in [9.17, 15) is 0 Å². The number of anilines is 3. The maximum atomic E-state index is 6.20. The van der Waals surface area contributed by atoms with E-state index < -0.39 is 0 Å². The van der Waals surface area contributed by atoms with E-state index in [-0.39, 0.29) is 0 Å². The lowest BCUT2D eigenvalue weighted by atomic mass is 9.82. The summed E-state index contributed by atoms with van der Waals surface area (Å²) in [6, 6.07) is 2.72. The zero-order valence-electron chi connectivity index (χ0n) is 24.8. The molecule has 4 fully saturated rings. The lowest BCUT2D eigenvalue weighted by Crippen LogP contribution is -2.49. The zero-order chi connectivity index (χ0) is 27.4. The Kier molecular flexibility index (Phi) is 11.9. The molecule has 0 atom stereocenters. The van der Waals surface area contributed by atoms with E-state index in [1.807, 2.05) is 6.07 Å². The molecule has 4 aliphatic rings. The van der Waals surface area contributed by atoms with E-state index in [1.165, 1.54) is 64.3 Å². The van der Waals surface area contributed by atoms with Gasteiger partial charge in [0.05, 0.1) is 13.2 Å². The molecule has 2 saturated heterocycles. The molecule has 2 aliphatic heterocycles.